The first-order chi connectivity index (χ1) is 14.6. The number of pyridine rings is 2. The molecule has 0 atom stereocenters. The summed E-state index contributed by atoms with van der Waals surface area (Å²) in [6.45, 7) is 1.41. The summed E-state index contributed by atoms with van der Waals surface area (Å²) in [5, 5.41) is 11.4. The maximum Gasteiger partial charge on any atom is 0.274 e. The van der Waals surface area contributed by atoms with E-state index in [1.165, 1.54) is 10.9 Å². The number of hydrogen-bond donors (Lipinski definition) is 1. The molecule has 150 valence electrons. The number of aryl methyl sites for hydroxylation is 1. The number of carbonyl (C=O) groups excluding carboxylic acids is 2. The Hall–Kier alpha value is -4.08. The number of nitrogens with one attached hydrogen (secondary N) is 1. The van der Waals surface area contributed by atoms with Gasteiger partial charge in [-0.05, 0) is 24.6 Å². The Morgan fingerprint density at radius 3 is 2.67 bits per heavy atom. The van der Waals surface area contributed by atoms with Crippen molar-refractivity contribution in [3.05, 3.63) is 60.3 Å². The first-order valence-electron chi connectivity index (χ1n) is 9.49. The maximum atomic E-state index is 12.9. The van der Waals surface area contributed by atoms with Crippen molar-refractivity contribution < 1.29 is 9.59 Å². The lowest BCUT2D eigenvalue weighted by Gasteiger charge is -2.30. The van der Waals surface area contributed by atoms with Crippen molar-refractivity contribution in [1.82, 2.24) is 34.3 Å². The molecule has 0 saturated carbocycles. The first kappa shape index (κ1) is 18.0. The van der Waals surface area contributed by atoms with Crippen molar-refractivity contribution in [3.8, 4) is 11.4 Å². The third-order valence-corrected chi connectivity index (χ3v) is 5.06. The largest absolute Gasteiger partial charge is 0.338 e. The highest BCUT2D eigenvalue weighted by Gasteiger charge is 2.28. The molecule has 5 rings (SSSR count). The van der Waals surface area contributed by atoms with Crippen LogP contribution in [-0.4, -0.2) is 59.2 Å². The molecule has 1 N–H and O–H groups in total. The van der Waals surface area contributed by atoms with Crippen molar-refractivity contribution in [3.63, 3.8) is 0 Å². The van der Waals surface area contributed by atoms with Crippen molar-refractivity contribution in [1.29, 1.82) is 0 Å². The Bertz CT molecular complexity index is 1260. The van der Waals surface area contributed by atoms with E-state index in [-0.39, 0.29) is 11.6 Å². The van der Waals surface area contributed by atoms with E-state index in [1.54, 1.807) is 47.2 Å². The van der Waals surface area contributed by atoms with Gasteiger partial charge in [0.15, 0.2) is 11.5 Å². The van der Waals surface area contributed by atoms with Gasteiger partial charge in [-0.3, -0.25) is 19.3 Å². The molecule has 10 heteroatoms. The number of anilines is 1. The minimum Gasteiger partial charge on any atom is -0.338 e. The molecule has 0 aromatic carbocycles. The van der Waals surface area contributed by atoms with Crippen LogP contribution in [0.15, 0.2) is 49.1 Å². The minimum atomic E-state index is -0.405. The standard InChI is InChI=1S/C20H18N8O2/c1-26-17(15(12-22-26)20(30)27-8-2-9-27)19(29)23-14-5-10-28-16(11-14)24-18(25-28)13-3-6-21-7-4-13/h3-7,10-12H,2,8-9H2,1H3,(H,23,29). The lowest BCUT2D eigenvalue weighted by atomic mass is 10.1. The van der Waals surface area contributed by atoms with Gasteiger partial charge in [-0.15, -0.1) is 5.10 Å². The minimum absolute atomic E-state index is 0.172. The predicted octanol–water partition coefficient (Wildman–Crippen LogP) is 1.62. The molecule has 0 radical (unpaired) electrons. The quantitative estimate of drug-likeness (QED) is 0.555. The number of fused-ring (bicyclic) bond motifs is 1. The van der Waals surface area contributed by atoms with Crippen LogP contribution in [0.1, 0.15) is 27.3 Å². The summed E-state index contributed by atoms with van der Waals surface area (Å²) in [5.74, 6) is -0.0126. The van der Waals surface area contributed by atoms with E-state index in [2.05, 4.69) is 25.5 Å². The zero-order valence-corrected chi connectivity index (χ0v) is 16.2. The number of rotatable bonds is 4. The van der Waals surface area contributed by atoms with Crippen molar-refractivity contribution >= 4 is 23.1 Å². The fourth-order valence-corrected chi connectivity index (χ4v) is 3.33. The normalized spacial score (nSPS) is 13.3. The molecule has 1 aliphatic heterocycles. The van der Waals surface area contributed by atoms with Crippen molar-refractivity contribution in [2.75, 3.05) is 18.4 Å². The summed E-state index contributed by atoms with van der Waals surface area (Å²) in [6.07, 6.45) is 7.50. The Kier molecular flexibility index (Phi) is 4.24. The summed E-state index contributed by atoms with van der Waals surface area (Å²) in [6, 6.07) is 7.11. The topological polar surface area (TPSA) is 110 Å². The molecule has 5 heterocycles. The van der Waals surface area contributed by atoms with Gasteiger partial charge in [0.05, 0.1) is 11.8 Å². The Morgan fingerprint density at radius 1 is 1.13 bits per heavy atom. The zero-order valence-electron chi connectivity index (χ0n) is 16.2. The van der Waals surface area contributed by atoms with Gasteiger partial charge in [0.2, 0.25) is 0 Å². The number of carbonyl (C=O) groups is 2. The third kappa shape index (κ3) is 3.08. The van der Waals surface area contributed by atoms with Gasteiger partial charge in [0, 0.05) is 56.0 Å². The van der Waals surface area contributed by atoms with E-state index in [4.69, 9.17) is 0 Å². The molecule has 1 fully saturated rings. The fraction of sp³-hybridized carbons (Fsp3) is 0.200. The number of amides is 2. The van der Waals surface area contributed by atoms with Crippen LogP contribution in [0.3, 0.4) is 0 Å². The first-order valence-corrected chi connectivity index (χ1v) is 9.49. The number of aromatic nitrogens is 6. The zero-order chi connectivity index (χ0) is 20.7. The molecular formula is C20H18N8O2. The van der Waals surface area contributed by atoms with Crippen molar-refractivity contribution in [2.45, 2.75) is 6.42 Å². The summed E-state index contributed by atoms with van der Waals surface area (Å²) in [7, 11) is 1.64. The Morgan fingerprint density at radius 2 is 1.93 bits per heavy atom. The van der Waals surface area contributed by atoms with Gasteiger partial charge in [-0.2, -0.15) is 5.10 Å². The molecule has 0 bridgehead atoms. The highest BCUT2D eigenvalue weighted by Crippen LogP contribution is 2.20. The molecule has 10 nitrogen and oxygen atoms in total. The number of hydrogen-bond acceptors (Lipinski definition) is 6. The summed E-state index contributed by atoms with van der Waals surface area (Å²) < 4.78 is 3.05. The van der Waals surface area contributed by atoms with E-state index >= 15 is 0 Å². The van der Waals surface area contributed by atoms with Crippen LogP contribution in [0.4, 0.5) is 5.69 Å². The van der Waals surface area contributed by atoms with Gasteiger partial charge in [-0.25, -0.2) is 9.50 Å². The number of likely N-dealkylation sites (tertiary alicyclic amines) is 1. The summed E-state index contributed by atoms with van der Waals surface area (Å²) >= 11 is 0. The predicted molar refractivity (Wildman–Crippen MR) is 108 cm³/mol. The molecule has 0 aliphatic carbocycles. The van der Waals surface area contributed by atoms with E-state index in [0.29, 0.717) is 35.8 Å². The summed E-state index contributed by atoms with van der Waals surface area (Å²) in [4.78, 5) is 35.7. The van der Waals surface area contributed by atoms with Crippen LogP contribution < -0.4 is 5.32 Å². The van der Waals surface area contributed by atoms with Gasteiger partial charge in [0.25, 0.3) is 11.8 Å². The lowest BCUT2D eigenvalue weighted by Crippen LogP contribution is -2.42. The van der Waals surface area contributed by atoms with Gasteiger partial charge < -0.3 is 10.2 Å². The van der Waals surface area contributed by atoms with Gasteiger partial charge in [-0.1, -0.05) is 0 Å². The Labute approximate surface area is 171 Å². The highest BCUT2D eigenvalue weighted by molar-refractivity contribution is 6.11. The van der Waals surface area contributed by atoms with Gasteiger partial charge in [0.1, 0.15) is 5.69 Å². The lowest BCUT2D eigenvalue weighted by molar-refractivity contribution is 0.0648. The molecule has 0 spiro atoms. The van der Waals surface area contributed by atoms with Crippen LogP contribution in [-0.2, 0) is 7.05 Å². The SMILES string of the molecule is Cn1ncc(C(=O)N2CCC2)c1C(=O)Nc1ccn2nc(-c3ccncc3)nc2c1. The van der Waals surface area contributed by atoms with E-state index in [1.807, 2.05) is 12.1 Å². The second-order valence-electron chi connectivity index (χ2n) is 7.02. The second-order valence-corrected chi connectivity index (χ2v) is 7.02. The third-order valence-electron chi connectivity index (χ3n) is 5.06. The monoisotopic (exact) mass is 402 g/mol. The number of nitrogens with zero attached hydrogens (tertiary/aromatic N) is 7. The van der Waals surface area contributed by atoms with Crippen LogP contribution in [0, 0.1) is 0 Å². The van der Waals surface area contributed by atoms with Gasteiger partial charge >= 0.3 is 0 Å². The van der Waals surface area contributed by atoms with E-state index in [0.717, 1.165) is 12.0 Å². The van der Waals surface area contributed by atoms with Crippen LogP contribution >= 0.6 is 0 Å². The molecule has 0 unspecified atom stereocenters. The van der Waals surface area contributed by atoms with Crippen LogP contribution in [0.25, 0.3) is 17.0 Å². The second kappa shape index (κ2) is 7.07. The fourth-order valence-electron chi connectivity index (χ4n) is 3.33. The highest BCUT2D eigenvalue weighted by atomic mass is 16.2. The van der Waals surface area contributed by atoms with Crippen molar-refractivity contribution in [2.24, 2.45) is 7.05 Å². The Balaban J connectivity index is 1.41. The van der Waals surface area contributed by atoms with Crippen LogP contribution in [0.2, 0.25) is 0 Å². The maximum absolute atomic E-state index is 12.9. The smallest absolute Gasteiger partial charge is 0.274 e. The average molecular weight is 402 g/mol. The molecule has 1 aliphatic rings. The molecule has 30 heavy (non-hydrogen) atoms. The molecule has 2 amide bonds. The molecular weight excluding hydrogens is 384 g/mol. The molecule has 4 aromatic rings. The molecule has 1 saturated heterocycles. The van der Waals surface area contributed by atoms with Crippen LogP contribution in [0.5, 0.6) is 0 Å². The average Bonchev–Trinajstić information content (AvgIpc) is 3.30. The summed E-state index contributed by atoms with van der Waals surface area (Å²) in [5.41, 5.74) is 2.51. The van der Waals surface area contributed by atoms with E-state index < -0.39 is 5.91 Å². The van der Waals surface area contributed by atoms with E-state index in [9.17, 15) is 9.59 Å². The molecule has 4 aromatic heterocycles.